The lowest BCUT2D eigenvalue weighted by atomic mass is 10.1. The molecule has 0 radical (unpaired) electrons. The van der Waals surface area contributed by atoms with Crippen molar-refractivity contribution in [3.63, 3.8) is 0 Å². The number of ether oxygens (including phenoxy) is 1. The lowest BCUT2D eigenvalue weighted by molar-refractivity contribution is -0.125. The van der Waals surface area contributed by atoms with Crippen LogP contribution in [-0.2, 0) is 11.4 Å². The Balaban J connectivity index is 1.50. The van der Waals surface area contributed by atoms with Gasteiger partial charge >= 0.3 is 0 Å². The molecule has 1 aliphatic rings. The maximum atomic E-state index is 12.1. The zero-order valence-corrected chi connectivity index (χ0v) is 17.0. The van der Waals surface area contributed by atoms with Gasteiger partial charge in [-0.15, -0.1) is 0 Å². The second-order valence-corrected chi connectivity index (χ2v) is 9.91. The molecule has 1 saturated carbocycles. The average molecular weight is 481 g/mol. The minimum atomic E-state index is -0.520. The second-order valence-electron chi connectivity index (χ2n) is 6.14. The number of rotatable bonds is 6. The molecule has 3 rings (SSSR count). The molecule has 1 aliphatic carbocycles. The third-order valence-corrected chi connectivity index (χ3v) is 6.47. The summed E-state index contributed by atoms with van der Waals surface area (Å²) in [4.78, 5) is 12.1. The van der Waals surface area contributed by atoms with Crippen molar-refractivity contribution in [2.45, 2.75) is 23.2 Å². The third kappa shape index (κ3) is 4.00. The highest BCUT2D eigenvalue weighted by atomic mass is 79.9. The first-order valence-corrected chi connectivity index (χ1v) is 9.36. The van der Waals surface area contributed by atoms with Crippen LogP contribution in [-0.4, -0.2) is 15.4 Å². The van der Waals surface area contributed by atoms with Gasteiger partial charge in [0.25, 0.3) is 0 Å². The first-order chi connectivity index (χ1) is 12.3. The lowest BCUT2D eigenvalue weighted by Gasteiger charge is -2.09. The predicted molar refractivity (Wildman–Crippen MR) is 103 cm³/mol. The molecule has 8 heteroatoms. The van der Waals surface area contributed by atoms with Crippen LogP contribution >= 0.6 is 31.9 Å². The molecule has 2 aromatic rings. The molecule has 1 heterocycles. The molecule has 1 atom stereocenters. The van der Waals surface area contributed by atoms with Crippen molar-refractivity contribution in [2.75, 3.05) is 0 Å². The number of benzene rings is 1. The summed E-state index contributed by atoms with van der Waals surface area (Å²) in [6, 6.07) is 12.4. The summed E-state index contributed by atoms with van der Waals surface area (Å²) in [5.41, 5.74) is 2.58. The number of carbonyl (C=O) groups is 1. The number of carbonyl (C=O) groups excluding carboxylic acids is 1. The fourth-order valence-corrected chi connectivity index (χ4v) is 3.73. The van der Waals surface area contributed by atoms with Crippen LogP contribution in [0.25, 0.3) is 0 Å². The molecule has 26 heavy (non-hydrogen) atoms. The number of amides is 1. The Labute approximate surface area is 167 Å². The molecule has 1 fully saturated rings. The van der Waals surface area contributed by atoms with E-state index in [0.717, 1.165) is 0 Å². The SMILES string of the molecule is C[C@]1(C(=O)NN=Cc2ccc(COc3ccc(C#N)cc3)o2)CC1(Br)Br. The monoisotopic (exact) mass is 479 g/mol. The van der Waals surface area contributed by atoms with E-state index in [9.17, 15) is 4.79 Å². The van der Waals surface area contributed by atoms with Gasteiger partial charge in [0, 0.05) is 0 Å². The van der Waals surface area contributed by atoms with E-state index in [0.29, 0.717) is 29.3 Å². The quantitative estimate of drug-likeness (QED) is 0.383. The van der Waals surface area contributed by atoms with Gasteiger partial charge in [-0.05, 0) is 49.7 Å². The van der Waals surface area contributed by atoms with Gasteiger partial charge < -0.3 is 9.15 Å². The van der Waals surface area contributed by atoms with Crippen LogP contribution in [0.1, 0.15) is 30.4 Å². The molecular weight excluding hydrogens is 466 g/mol. The topological polar surface area (TPSA) is 87.6 Å². The van der Waals surface area contributed by atoms with Gasteiger partial charge in [0.15, 0.2) is 0 Å². The molecule has 0 saturated heterocycles. The summed E-state index contributed by atoms with van der Waals surface area (Å²) in [6.45, 7) is 2.10. The molecule has 0 spiro atoms. The number of hydrogen-bond acceptors (Lipinski definition) is 5. The Hall–Kier alpha value is -2.11. The second kappa shape index (κ2) is 7.25. The lowest BCUT2D eigenvalue weighted by Crippen LogP contribution is -2.29. The number of hydrazone groups is 1. The van der Waals surface area contributed by atoms with E-state index >= 15 is 0 Å². The predicted octanol–water partition coefficient (Wildman–Crippen LogP) is 4.08. The largest absolute Gasteiger partial charge is 0.486 e. The van der Waals surface area contributed by atoms with E-state index in [1.807, 2.05) is 6.92 Å². The van der Waals surface area contributed by atoms with Crippen molar-refractivity contribution in [1.29, 1.82) is 5.26 Å². The van der Waals surface area contributed by atoms with Crippen molar-refractivity contribution in [2.24, 2.45) is 10.5 Å². The first kappa shape index (κ1) is 18.7. The molecule has 0 aliphatic heterocycles. The Kier molecular flexibility index (Phi) is 5.21. The van der Waals surface area contributed by atoms with Crippen LogP contribution in [0.3, 0.4) is 0 Å². The number of furan rings is 1. The highest BCUT2D eigenvalue weighted by Crippen LogP contribution is 2.66. The Morgan fingerprint density at radius 3 is 2.69 bits per heavy atom. The van der Waals surface area contributed by atoms with Crippen molar-refractivity contribution in [3.05, 3.63) is 53.5 Å². The van der Waals surface area contributed by atoms with Gasteiger partial charge in [0.05, 0.1) is 26.5 Å². The maximum absolute atomic E-state index is 12.1. The van der Waals surface area contributed by atoms with Crippen LogP contribution in [0.2, 0.25) is 0 Å². The van der Waals surface area contributed by atoms with Gasteiger partial charge in [0.2, 0.25) is 5.91 Å². The van der Waals surface area contributed by atoms with Crippen molar-refractivity contribution in [1.82, 2.24) is 5.43 Å². The van der Waals surface area contributed by atoms with Gasteiger partial charge in [-0.3, -0.25) is 4.79 Å². The summed E-state index contributed by atoms with van der Waals surface area (Å²) < 4.78 is 10.8. The van der Waals surface area contributed by atoms with Crippen LogP contribution in [0, 0.1) is 16.7 Å². The molecule has 1 aromatic heterocycles. The molecule has 6 nitrogen and oxygen atoms in total. The first-order valence-electron chi connectivity index (χ1n) is 7.77. The zero-order chi connectivity index (χ0) is 18.8. The van der Waals surface area contributed by atoms with E-state index < -0.39 is 5.41 Å². The fourth-order valence-electron chi connectivity index (χ4n) is 2.25. The molecule has 1 amide bonds. The summed E-state index contributed by atoms with van der Waals surface area (Å²) in [7, 11) is 0. The minimum Gasteiger partial charge on any atom is -0.486 e. The van der Waals surface area contributed by atoms with Crippen LogP contribution in [0.4, 0.5) is 0 Å². The Morgan fingerprint density at radius 2 is 2.08 bits per heavy atom. The smallest absolute Gasteiger partial charge is 0.248 e. The molecule has 0 unspecified atom stereocenters. The van der Waals surface area contributed by atoms with Crippen molar-refractivity contribution in [3.8, 4) is 11.8 Å². The van der Waals surface area contributed by atoms with Crippen molar-refractivity contribution < 1.29 is 13.9 Å². The van der Waals surface area contributed by atoms with Gasteiger partial charge in [-0.25, -0.2) is 5.43 Å². The standard InChI is InChI=1S/C18H15Br2N3O3/c1-17(11-18(17,19)20)16(24)23-22-9-14-6-7-15(26-14)10-25-13-4-2-12(8-21)3-5-13/h2-7,9H,10-11H2,1H3,(H,23,24)/t17-/m1/s1. The summed E-state index contributed by atoms with van der Waals surface area (Å²) in [6.07, 6.45) is 2.14. The Bertz CT molecular complexity index is 884. The minimum absolute atomic E-state index is 0.168. The van der Waals surface area contributed by atoms with Gasteiger partial charge in [0.1, 0.15) is 23.9 Å². The third-order valence-electron chi connectivity index (χ3n) is 4.16. The molecule has 134 valence electrons. The maximum Gasteiger partial charge on any atom is 0.248 e. The molecule has 0 bridgehead atoms. The number of halogens is 2. The number of nitriles is 1. The van der Waals surface area contributed by atoms with Crippen LogP contribution in [0.15, 0.2) is 45.9 Å². The number of alkyl halides is 2. The number of nitrogens with one attached hydrogen (secondary N) is 1. The molecule has 1 N–H and O–H groups in total. The van der Waals surface area contributed by atoms with E-state index in [1.54, 1.807) is 36.4 Å². The number of nitrogens with zero attached hydrogens (tertiary/aromatic N) is 2. The van der Waals surface area contributed by atoms with Crippen LogP contribution < -0.4 is 10.2 Å². The van der Waals surface area contributed by atoms with Crippen molar-refractivity contribution >= 4 is 44.0 Å². The summed E-state index contributed by atoms with van der Waals surface area (Å²) in [5, 5.41) is 12.7. The van der Waals surface area contributed by atoms with Gasteiger partial charge in [-0.1, -0.05) is 31.9 Å². The zero-order valence-electron chi connectivity index (χ0n) is 13.8. The summed E-state index contributed by atoms with van der Waals surface area (Å²) >= 11 is 6.90. The van der Waals surface area contributed by atoms with E-state index in [1.165, 1.54) is 6.21 Å². The molecular formula is C18H15Br2N3O3. The van der Waals surface area contributed by atoms with Crippen LogP contribution in [0.5, 0.6) is 5.75 Å². The molecule has 1 aromatic carbocycles. The fraction of sp³-hybridized carbons (Fsp3) is 0.278. The highest BCUT2D eigenvalue weighted by molar-refractivity contribution is 9.25. The average Bonchev–Trinajstić information content (AvgIpc) is 2.96. The highest BCUT2D eigenvalue weighted by Gasteiger charge is 2.66. The van der Waals surface area contributed by atoms with E-state index in [-0.39, 0.29) is 15.7 Å². The number of hydrogen-bond donors (Lipinski definition) is 1. The van der Waals surface area contributed by atoms with E-state index in [4.69, 9.17) is 14.4 Å². The summed E-state index contributed by atoms with van der Waals surface area (Å²) in [5.74, 6) is 1.61. The van der Waals surface area contributed by atoms with Gasteiger partial charge in [-0.2, -0.15) is 10.4 Å². The normalized spacial score (nSPS) is 20.5. The van der Waals surface area contributed by atoms with E-state index in [2.05, 4.69) is 48.5 Å². The Morgan fingerprint density at radius 1 is 1.38 bits per heavy atom.